The van der Waals surface area contributed by atoms with Gasteiger partial charge in [0.25, 0.3) is 0 Å². The molecule has 0 spiro atoms. The fraction of sp³-hybridized carbons (Fsp3) is 0.875. The van der Waals surface area contributed by atoms with Crippen LogP contribution in [0.5, 0.6) is 0 Å². The maximum Gasteiger partial charge on any atom is 0.308 e. The first-order chi connectivity index (χ1) is 9.99. The molecule has 0 radical (unpaired) electrons. The summed E-state index contributed by atoms with van der Waals surface area (Å²) in [5.74, 6) is -0.344. The summed E-state index contributed by atoms with van der Waals surface area (Å²) >= 11 is 0. The number of amides is 1. The number of rotatable bonds is 9. The number of carbonyl (C=O) groups excluding carboxylic acids is 1. The second-order valence-electron chi connectivity index (χ2n) is 6.42. The van der Waals surface area contributed by atoms with Gasteiger partial charge in [0.2, 0.25) is 5.91 Å². The topological polar surface area (TPSA) is 75.6 Å². The highest BCUT2D eigenvalue weighted by Crippen LogP contribution is 2.20. The Bertz CT molecular complexity index is 324. The molecule has 1 heterocycles. The molecule has 1 rings (SSSR count). The number of carboxylic acid groups (broad SMARTS) is 1. The van der Waals surface area contributed by atoms with Crippen molar-refractivity contribution in [1.82, 2.24) is 5.32 Å². The molecule has 1 unspecified atom stereocenters. The van der Waals surface area contributed by atoms with E-state index in [9.17, 15) is 9.59 Å². The third kappa shape index (κ3) is 8.05. The number of aliphatic carboxylic acids is 1. The lowest BCUT2D eigenvalue weighted by atomic mass is 9.94. The molecule has 122 valence electrons. The predicted molar refractivity (Wildman–Crippen MR) is 81.0 cm³/mol. The minimum atomic E-state index is -0.828. The largest absolute Gasteiger partial charge is 0.481 e. The average molecular weight is 299 g/mol. The van der Waals surface area contributed by atoms with E-state index in [4.69, 9.17) is 9.84 Å². The van der Waals surface area contributed by atoms with Crippen LogP contribution in [0.3, 0.4) is 0 Å². The van der Waals surface area contributed by atoms with Crippen LogP contribution in [0.2, 0.25) is 0 Å². The van der Waals surface area contributed by atoms with Gasteiger partial charge >= 0.3 is 5.97 Å². The Hall–Kier alpha value is -1.10. The first-order valence-electron chi connectivity index (χ1n) is 8.06. The van der Waals surface area contributed by atoms with Crippen molar-refractivity contribution in [3.63, 3.8) is 0 Å². The first-order valence-corrected chi connectivity index (χ1v) is 8.06. The van der Waals surface area contributed by atoms with Gasteiger partial charge in [-0.3, -0.25) is 9.59 Å². The van der Waals surface area contributed by atoms with Gasteiger partial charge in [0.1, 0.15) is 0 Å². The van der Waals surface area contributed by atoms with Crippen LogP contribution < -0.4 is 5.32 Å². The molecule has 0 saturated carbocycles. The molecule has 1 aliphatic rings. The maximum atomic E-state index is 11.8. The summed E-state index contributed by atoms with van der Waals surface area (Å²) in [6.07, 6.45) is 5.21. The van der Waals surface area contributed by atoms with Crippen LogP contribution in [0.1, 0.15) is 52.4 Å². The molecule has 0 aliphatic carbocycles. The lowest BCUT2D eigenvalue weighted by Gasteiger charge is -2.21. The standard InChI is InChI=1S/C16H29NO4/c1-12(2)10-14(16(19)20)11-17-15(18)5-3-4-13-6-8-21-9-7-13/h12-14H,3-11H2,1-2H3,(H,17,18)(H,19,20). The summed E-state index contributed by atoms with van der Waals surface area (Å²) in [5.41, 5.74) is 0. The fourth-order valence-corrected chi connectivity index (χ4v) is 2.75. The molecule has 1 amide bonds. The van der Waals surface area contributed by atoms with E-state index >= 15 is 0 Å². The molecule has 0 aromatic rings. The van der Waals surface area contributed by atoms with Crippen molar-refractivity contribution in [2.75, 3.05) is 19.8 Å². The van der Waals surface area contributed by atoms with E-state index in [-0.39, 0.29) is 12.5 Å². The van der Waals surface area contributed by atoms with E-state index in [1.165, 1.54) is 0 Å². The third-order valence-corrected chi connectivity index (χ3v) is 4.01. The van der Waals surface area contributed by atoms with E-state index in [0.717, 1.165) is 38.9 Å². The minimum absolute atomic E-state index is 0.0305. The van der Waals surface area contributed by atoms with Crippen molar-refractivity contribution < 1.29 is 19.4 Å². The van der Waals surface area contributed by atoms with Crippen LogP contribution in [0.15, 0.2) is 0 Å². The Morgan fingerprint density at radius 1 is 1.29 bits per heavy atom. The molecule has 0 bridgehead atoms. The highest BCUT2D eigenvalue weighted by Gasteiger charge is 2.20. The lowest BCUT2D eigenvalue weighted by molar-refractivity contribution is -0.142. The van der Waals surface area contributed by atoms with E-state index < -0.39 is 11.9 Å². The van der Waals surface area contributed by atoms with Gasteiger partial charge in [0.05, 0.1) is 5.92 Å². The molecule has 5 heteroatoms. The van der Waals surface area contributed by atoms with E-state index in [1.807, 2.05) is 13.8 Å². The van der Waals surface area contributed by atoms with Gasteiger partial charge in [-0.2, -0.15) is 0 Å². The Balaban J connectivity index is 2.15. The van der Waals surface area contributed by atoms with Crippen LogP contribution >= 0.6 is 0 Å². The van der Waals surface area contributed by atoms with Crippen molar-refractivity contribution in [2.45, 2.75) is 52.4 Å². The van der Waals surface area contributed by atoms with Crippen molar-refractivity contribution in [3.05, 3.63) is 0 Å². The van der Waals surface area contributed by atoms with Gasteiger partial charge in [-0.1, -0.05) is 13.8 Å². The lowest BCUT2D eigenvalue weighted by Crippen LogP contribution is -2.33. The molecule has 5 nitrogen and oxygen atoms in total. The molecule has 0 aromatic carbocycles. The number of ether oxygens (including phenoxy) is 1. The number of hydrogen-bond acceptors (Lipinski definition) is 3. The Morgan fingerprint density at radius 3 is 2.52 bits per heavy atom. The van der Waals surface area contributed by atoms with Gasteiger partial charge in [-0.15, -0.1) is 0 Å². The highest BCUT2D eigenvalue weighted by atomic mass is 16.5. The number of nitrogens with one attached hydrogen (secondary N) is 1. The average Bonchev–Trinajstić information content (AvgIpc) is 2.44. The zero-order chi connectivity index (χ0) is 15.7. The van der Waals surface area contributed by atoms with Gasteiger partial charge < -0.3 is 15.2 Å². The Morgan fingerprint density at radius 2 is 1.95 bits per heavy atom. The van der Waals surface area contributed by atoms with E-state index in [0.29, 0.717) is 24.7 Å². The molecular weight excluding hydrogens is 270 g/mol. The van der Waals surface area contributed by atoms with E-state index in [2.05, 4.69) is 5.32 Å². The molecule has 1 saturated heterocycles. The minimum Gasteiger partial charge on any atom is -0.481 e. The number of carboxylic acids is 1. The molecule has 1 atom stereocenters. The van der Waals surface area contributed by atoms with Crippen molar-refractivity contribution >= 4 is 11.9 Å². The number of hydrogen-bond donors (Lipinski definition) is 2. The summed E-state index contributed by atoms with van der Waals surface area (Å²) in [4.78, 5) is 22.9. The first kappa shape index (κ1) is 18.0. The van der Waals surface area contributed by atoms with Gasteiger partial charge in [-0.25, -0.2) is 0 Å². The van der Waals surface area contributed by atoms with Crippen LogP contribution in [0, 0.1) is 17.8 Å². The summed E-state index contributed by atoms with van der Waals surface area (Å²) in [6, 6.07) is 0. The highest BCUT2D eigenvalue weighted by molar-refractivity contribution is 5.77. The normalized spacial score (nSPS) is 17.7. The predicted octanol–water partition coefficient (Wildman–Crippen LogP) is 2.45. The summed E-state index contributed by atoms with van der Waals surface area (Å²) in [7, 11) is 0. The smallest absolute Gasteiger partial charge is 0.308 e. The van der Waals surface area contributed by atoms with Crippen LogP contribution in [-0.2, 0) is 14.3 Å². The van der Waals surface area contributed by atoms with Crippen molar-refractivity contribution in [2.24, 2.45) is 17.8 Å². The van der Waals surface area contributed by atoms with Crippen LogP contribution in [-0.4, -0.2) is 36.7 Å². The van der Waals surface area contributed by atoms with Gasteiger partial charge in [0.15, 0.2) is 0 Å². The third-order valence-electron chi connectivity index (χ3n) is 4.01. The van der Waals surface area contributed by atoms with Crippen LogP contribution in [0.4, 0.5) is 0 Å². The fourth-order valence-electron chi connectivity index (χ4n) is 2.75. The van der Waals surface area contributed by atoms with Crippen molar-refractivity contribution in [3.8, 4) is 0 Å². The quantitative estimate of drug-likeness (QED) is 0.685. The summed E-state index contributed by atoms with van der Waals surface area (Å²) in [6.45, 7) is 5.90. The molecule has 2 N–H and O–H groups in total. The molecule has 1 fully saturated rings. The SMILES string of the molecule is CC(C)CC(CNC(=O)CCCC1CCOCC1)C(=O)O. The second kappa shape index (κ2) is 9.77. The van der Waals surface area contributed by atoms with Crippen LogP contribution in [0.25, 0.3) is 0 Å². The molecule has 1 aliphatic heterocycles. The number of carbonyl (C=O) groups is 2. The zero-order valence-corrected chi connectivity index (χ0v) is 13.3. The Labute approximate surface area is 127 Å². The van der Waals surface area contributed by atoms with Gasteiger partial charge in [0, 0.05) is 26.2 Å². The van der Waals surface area contributed by atoms with Crippen molar-refractivity contribution in [1.29, 1.82) is 0 Å². The monoisotopic (exact) mass is 299 g/mol. The maximum absolute atomic E-state index is 11.8. The summed E-state index contributed by atoms with van der Waals surface area (Å²) < 4.78 is 5.31. The summed E-state index contributed by atoms with van der Waals surface area (Å²) in [5, 5.41) is 11.9. The van der Waals surface area contributed by atoms with E-state index in [1.54, 1.807) is 0 Å². The molecular formula is C16H29NO4. The second-order valence-corrected chi connectivity index (χ2v) is 6.42. The zero-order valence-electron chi connectivity index (χ0n) is 13.3. The Kier molecular flexibility index (Phi) is 8.35. The molecule has 21 heavy (non-hydrogen) atoms. The molecule has 0 aromatic heterocycles. The van der Waals surface area contributed by atoms with Gasteiger partial charge in [-0.05, 0) is 43.9 Å².